The minimum atomic E-state index is -0.0401. The summed E-state index contributed by atoms with van der Waals surface area (Å²) in [5, 5.41) is 13.0. The molecule has 116 valence electrons. The van der Waals surface area contributed by atoms with Crippen molar-refractivity contribution in [1.82, 2.24) is 5.32 Å². The fourth-order valence-corrected chi connectivity index (χ4v) is 3.03. The van der Waals surface area contributed by atoms with Crippen molar-refractivity contribution in [2.75, 3.05) is 6.61 Å². The third-order valence-corrected chi connectivity index (χ3v) is 4.61. The van der Waals surface area contributed by atoms with Gasteiger partial charge in [0.2, 0.25) is 5.91 Å². The third kappa shape index (κ3) is 5.01. The highest BCUT2D eigenvalue weighted by molar-refractivity contribution is 6.30. The van der Waals surface area contributed by atoms with E-state index in [4.69, 9.17) is 16.7 Å². The molecule has 1 amide bonds. The van der Waals surface area contributed by atoms with E-state index >= 15 is 0 Å². The molecule has 3 nitrogen and oxygen atoms in total. The maximum absolute atomic E-state index is 12.2. The first-order chi connectivity index (χ1) is 10.1. The van der Waals surface area contributed by atoms with Gasteiger partial charge in [-0.2, -0.15) is 0 Å². The Hall–Kier alpha value is -1.06. The predicted octanol–water partition coefficient (Wildman–Crippen LogP) is 3.19. The number of carbonyl (C=O) groups excluding carboxylic acids is 1. The minimum absolute atomic E-state index is 0.0401. The smallest absolute Gasteiger partial charge is 0.223 e. The van der Waals surface area contributed by atoms with Crippen LogP contribution in [0.5, 0.6) is 0 Å². The van der Waals surface area contributed by atoms with Crippen molar-refractivity contribution in [1.29, 1.82) is 0 Å². The number of halogens is 1. The summed E-state index contributed by atoms with van der Waals surface area (Å²) in [6.07, 6.45) is 4.70. The Balaban J connectivity index is 1.78. The van der Waals surface area contributed by atoms with E-state index < -0.39 is 0 Å². The van der Waals surface area contributed by atoms with E-state index in [1.54, 1.807) is 0 Å². The van der Waals surface area contributed by atoms with Gasteiger partial charge in [-0.15, -0.1) is 0 Å². The van der Waals surface area contributed by atoms with Gasteiger partial charge in [0.1, 0.15) is 0 Å². The molecule has 0 saturated heterocycles. The molecule has 0 aromatic heterocycles. The van der Waals surface area contributed by atoms with E-state index in [-0.39, 0.29) is 24.5 Å². The van der Waals surface area contributed by atoms with Crippen LogP contribution in [0.4, 0.5) is 0 Å². The van der Waals surface area contributed by atoms with Gasteiger partial charge in [-0.25, -0.2) is 0 Å². The average Bonchev–Trinajstić information content (AvgIpc) is 2.50. The lowest BCUT2D eigenvalue weighted by molar-refractivity contribution is -0.125. The van der Waals surface area contributed by atoms with Crippen LogP contribution in [0.1, 0.15) is 38.2 Å². The van der Waals surface area contributed by atoms with Crippen LogP contribution in [0.2, 0.25) is 5.02 Å². The molecule has 1 unspecified atom stereocenters. The lowest BCUT2D eigenvalue weighted by Gasteiger charge is -2.28. The third-order valence-electron chi connectivity index (χ3n) is 4.35. The maximum Gasteiger partial charge on any atom is 0.223 e. The highest BCUT2D eigenvalue weighted by Crippen LogP contribution is 2.24. The highest BCUT2D eigenvalue weighted by atomic mass is 35.5. The van der Waals surface area contributed by atoms with E-state index in [9.17, 15) is 4.79 Å². The fraction of sp³-hybridized carbons (Fsp3) is 0.588. The molecule has 0 bridgehead atoms. The monoisotopic (exact) mass is 309 g/mol. The second kappa shape index (κ2) is 7.81. The maximum atomic E-state index is 12.2. The minimum Gasteiger partial charge on any atom is -0.396 e. The first kappa shape index (κ1) is 16.3. The van der Waals surface area contributed by atoms with E-state index in [1.165, 1.54) is 0 Å². The summed E-state index contributed by atoms with van der Waals surface area (Å²) in [6.45, 7) is 2.23. The lowest BCUT2D eigenvalue weighted by atomic mass is 9.86. The summed E-state index contributed by atoms with van der Waals surface area (Å²) in [4.78, 5) is 12.2. The van der Waals surface area contributed by atoms with Crippen molar-refractivity contribution < 1.29 is 9.90 Å². The molecule has 1 atom stereocenters. The highest BCUT2D eigenvalue weighted by Gasteiger charge is 2.23. The Kier molecular flexibility index (Phi) is 6.07. The molecule has 1 aliphatic rings. The molecule has 1 saturated carbocycles. The summed E-state index contributed by atoms with van der Waals surface area (Å²) in [7, 11) is 0. The van der Waals surface area contributed by atoms with Crippen molar-refractivity contribution in [2.45, 2.75) is 45.1 Å². The van der Waals surface area contributed by atoms with E-state index in [0.717, 1.165) is 42.7 Å². The number of hydrogen-bond acceptors (Lipinski definition) is 2. The van der Waals surface area contributed by atoms with Crippen molar-refractivity contribution in [3.05, 3.63) is 34.9 Å². The molecule has 21 heavy (non-hydrogen) atoms. The summed E-state index contributed by atoms with van der Waals surface area (Å²) in [5.74, 6) is 0.504. The molecule has 1 aliphatic carbocycles. The van der Waals surface area contributed by atoms with Crippen molar-refractivity contribution in [3.8, 4) is 0 Å². The Morgan fingerprint density at radius 3 is 2.48 bits per heavy atom. The van der Waals surface area contributed by atoms with Gasteiger partial charge in [0, 0.05) is 23.6 Å². The van der Waals surface area contributed by atoms with Crippen LogP contribution < -0.4 is 5.32 Å². The van der Waals surface area contributed by atoms with Gasteiger partial charge < -0.3 is 10.4 Å². The second-order valence-corrected chi connectivity index (χ2v) is 6.58. The van der Waals surface area contributed by atoms with E-state index in [2.05, 4.69) is 5.32 Å². The first-order valence-electron chi connectivity index (χ1n) is 7.74. The quantitative estimate of drug-likeness (QED) is 0.877. The molecule has 0 aliphatic heterocycles. The topological polar surface area (TPSA) is 49.3 Å². The van der Waals surface area contributed by atoms with Crippen LogP contribution in [-0.4, -0.2) is 23.7 Å². The van der Waals surface area contributed by atoms with Crippen LogP contribution >= 0.6 is 11.6 Å². The number of aliphatic hydroxyl groups excluding tert-OH is 1. The van der Waals surface area contributed by atoms with E-state index in [1.807, 2.05) is 31.2 Å². The predicted molar refractivity (Wildman–Crippen MR) is 85.3 cm³/mol. The number of carbonyl (C=O) groups is 1. The number of rotatable bonds is 5. The molecule has 0 radical (unpaired) electrons. The zero-order valence-electron chi connectivity index (χ0n) is 12.5. The first-order valence-corrected chi connectivity index (χ1v) is 8.12. The summed E-state index contributed by atoms with van der Waals surface area (Å²) in [5.41, 5.74) is 1.13. The van der Waals surface area contributed by atoms with Crippen molar-refractivity contribution in [2.24, 2.45) is 11.8 Å². The number of amides is 1. The van der Waals surface area contributed by atoms with Crippen molar-refractivity contribution in [3.63, 3.8) is 0 Å². The zero-order chi connectivity index (χ0) is 15.2. The molecule has 1 fully saturated rings. The van der Waals surface area contributed by atoms with Gasteiger partial charge in [-0.1, -0.05) is 30.7 Å². The average molecular weight is 310 g/mol. The molecule has 1 aromatic rings. The van der Waals surface area contributed by atoms with Gasteiger partial charge in [0.15, 0.2) is 0 Å². The number of aliphatic hydroxyl groups is 1. The second-order valence-electron chi connectivity index (χ2n) is 6.14. The van der Waals surface area contributed by atoms with E-state index in [0.29, 0.717) is 5.92 Å². The van der Waals surface area contributed by atoms with Crippen LogP contribution in [0.15, 0.2) is 24.3 Å². The Bertz CT molecular complexity index is 452. The summed E-state index contributed by atoms with van der Waals surface area (Å²) in [6, 6.07) is 7.93. The van der Waals surface area contributed by atoms with Crippen LogP contribution in [-0.2, 0) is 11.2 Å². The Labute approximate surface area is 131 Å². The Morgan fingerprint density at radius 2 is 1.90 bits per heavy atom. The van der Waals surface area contributed by atoms with Gasteiger partial charge in [-0.05, 0) is 55.7 Å². The lowest BCUT2D eigenvalue weighted by Crippen LogP contribution is -2.41. The van der Waals surface area contributed by atoms with Crippen LogP contribution in [0, 0.1) is 11.8 Å². The number of hydrogen-bond donors (Lipinski definition) is 2. The molecule has 0 heterocycles. The molecular formula is C17H24ClNO2. The molecular weight excluding hydrogens is 286 g/mol. The van der Waals surface area contributed by atoms with Gasteiger partial charge in [0.25, 0.3) is 0 Å². The van der Waals surface area contributed by atoms with Crippen LogP contribution in [0.25, 0.3) is 0 Å². The summed E-state index contributed by atoms with van der Waals surface area (Å²) < 4.78 is 0. The van der Waals surface area contributed by atoms with Crippen LogP contribution in [0.3, 0.4) is 0 Å². The standard InChI is InChI=1S/C17H24ClNO2/c1-12(10-13-2-6-15(18)7-3-13)17(21)19-16-8-4-14(11-20)5-9-16/h2-3,6-7,12,14,16,20H,4-5,8-11H2,1H3,(H,19,21). The fourth-order valence-electron chi connectivity index (χ4n) is 2.90. The SMILES string of the molecule is CC(Cc1ccc(Cl)cc1)C(=O)NC1CCC(CO)CC1. The molecule has 2 N–H and O–H groups in total. The molecule has 0 spiro atoms. The molecule has 1 aromatic carbocycles. The zero-order valence-corrected chi connectivity index (χ0v) is 13.3. The summed E-state index contributed by atoms with van der Waals surface area (Å²) >= 11 is 5.87. The Morgan fingerprint density at radius 1 is 1.29 bits per heavy atom. The van der Waals surface area contributed by atoms with Gasteiger partial charge in [-0.3, -0.25) is 4.79 Å². The van der Waals surface area contributed by atoms with Gasteiger partial charge in [0.05, 0.1) is 0 Å². The largest absolute Gasteiger partial charge is 0.396 e. The molecule has 4 heteroatoms. The van der Waals surface area contributed by atoms with Gasteiger partial charge >= 0.3 is 0 Å². The molecule has 2 rings (SSSR count). The number of benzene rings is 1. The number of nitrogens with one attached hydrogen (secondary N) is 1. The van der Waals surface area contributed by atoms with Crippen molar-refractivity contribution >= 4 is 17.5 Å². The normalized spacial score (nSPS) is 23.6.